The molecule has 2 aromatic carbocycles. The largest absolute Gasteiger partial charge is 0.497 e. The minimum Gasteiger partial charge on any atom is -0.497 e. The third-order valence-electron chi connectivity index (χ3n) is 7.65. The molecule has 0 radical (unpaired) electrons. The topological polar surface area (TPSA) is 88.5 Å². The van der Waals surface area contributed by atoms with Crippen LogP contribution in [0.1, 0.15) is 69.5 Å². The Labute approximate surface area is 225 Å². The van der Waals surface area contributed by atoms with E-state index in [1.807, 2.05) is 47.4 Å². The molecule has 4 atom stereocenters. The van der Waals surface area contributed by atoms with Gasteiger partial charge in [-0.1, -0.05) is 45.4 Å². The highest BCUT2D eigenvalue weighted by atomic mass is 16.7. The zero-order chi connectivity index (χ0) is 27.2. The highest BCUT2D eigenvalue weighted by Gasteiger charge is 2.51. The molecule has 0 aliphatic carbocycles. The third-order valence-corrected chi connectivity index (χ3v) is 7.65. The number of ether oxygens (including phenoxy) is 3. The summed E-state index contributed by atoms with van der Waals surface area (Å²) in [6.45, 7) is 8.24. The van der Waals surface area contributed by atoms with E-state index in [0.717, 1.165) is 30.4 Å². The fraction of sp³-hybridized carbons (Fsp3) is 0.533. The highest BCUT2D eigenvalue weighted by Crippen LogP contribution is 2.49. The molecule has 38 heavy (non-hydrogen) atoms. The molecular weight excluding hydrogens is 484 g/mol. The lowest BCUT2D eigenvalue weighted by atomic mass is 9.82. The maximum atomic E-state index is 14.0. The third kappa shape index (κ3) is 5.60. The minimum absolute atomic E-state index is 0.0875. The van der Waals surface area contributed by atoms with Gasteiger partial charge in [0, 0.05) is 31.6 Å². The van der Waals surface area contributed by atoms with Gasteiger partial charge in [0.15, 0.2) is 11.5 Å². The van der Waals surface area contributed by atoms with Crippen LogP contribution in [-0.2, 0) is 9.59 Å². The molecule has 0 saturated carbocycles. The summed E-state index contributed by atoms with van der Waals surface area (Å²) in [7, 11) is 1.61. The molecule has 0 bridgehead atoms. The van der Waals surface area contributed by atoms with Crippen molar-refractivity contribution in [3.63, 3.8) is 0 Å². The van der Waals surface area contributed by atoms with Crippen LogP contribution in [0.4, 0.5) is 0 Å². The summed E-state index contributed by atoms with van der Waals surface area (Å²) in [5.41, 5.74) is 1.75. The first-order valence-electron chi connectivity index (χ1n) is 13.7. The van der Waals surface area contributed by atoms with Gasteiger partial charge in [0.1, 0.15) is 5.75 Å². The second-order valence-electron chi connectivity index (χ2n) is 10.1. The Morgan fingerprint density at radius 2 is 1.66 bits per heavy atom. The SMILES string of the molecule is CCCC(C(=O)N(CCC)CCC)N1C[C@@H](c2ccc3c(c2)OCO3)[C@@H](C(=O)O)[C@@H]1c1ccc(OC)cc1. The van der Waals surface area contributed by atoms with Crippen molar-refractivity contribution in [1.29, 1.82) is 0 Å². The number of aliphatic carboxylic acids is 1. The Hall–Kier alpha value is -3.26. The number of hydrogen-bond acceptors (Lipinski definition) is 6. The summed E-state index contributed by atoms with van der Waals surface area (Å²) < 4.78 is 16.5. The number of likely N-dealkylation sites (tertiary alicyclic amines) is 1. The van der Waals surface area contributed by atoms with Crippen molar-refractivity contribution in [2.24, 2.45) is 5.92 Å². The molecule has 2 aliphatic rings. The first-order valence-corrected chi connectivity index (χ1v) is 13.7. The van der Waals surface area contributed by atoms with E-state index < -0.39 is 24.0 Å². The summed E-state index contributed by atoms with van der Waals surface area (Å²) in [5.74, 6) is 0.132. The lowest BCUT2D eigenvalue weighted by molar-refractivity contribution is -0.145. The molecule has 8 nitrogen and oxygen atoms in total. The number of rotatable bonds is 12. The Bertz CT molecular complexity index is 1100. The summed E-state index contributed by atoms with van der Waals surface area (Å²) in [5, 5.41) is 10.6. The van der Waals surface area contributed by atoms with Gasteiger partial charge in [0.25, 0.3) is 0 Å². The standard InChI is InChI=1S/C30H40N2O6/c1-5-8-24(29(33)31(15-6-2)16-7-3)32-18-23(21-11-14-25-26(17-21)38-19-37-25)27(30(34)35)28(32)20-9-12-22(36-4)13-10-20/h9-14,17,23-24,27-28H,5-8,15-16,18-19H2,1-4H3,(H,34,35)/t23-,24?,27+,28-/m0/s1. The predicted octanol–water partition coefficient (Wildman–Crippen LogP) is 5.08. The van der Waals surface area contributed by atoms with E-state index in [9.17, 15) is 14.7 Å². The zero-order valence-corrected chi connectivity index (χ0v) is 22.9. The zero-order valence-electron chi connectivity index (χ0n) is 22.9. The minimum atomic E-state index is -0.877. The average molecular weight is 525 g/mol. The van der Waals surface area contributed by atoms with Gasteiger partial charge in [-0.25, -0.2) is 0 Å². The second-order valence-corrected chi connectivity index (χ2v) is 10.1. The van der Waals surface area contributed by atoms with E-state index in [1.54, 1.807) is 7.11 Å². The van der Waals surface area contributed by atoms with Crippen molar-refractivity contribution in [2.75, 3.05) is 33.5 Å². The van der Waals surface area contributed by atoms with E-state index in [1.165, 1.54) is 0 Å². The van der Waals surface area contributed by atoms with E-state index in [-0.39, 0.29) is 18.6 Å². The first kappa shape index (κ1) is 27.8. The Morgan fingerprint density at radius 3 is 2.26 bits per heavy atom. The van der Waals surface area contributed by atoms with Crippen molar-refractivity contribution in [2.45, 2.75) is 64.5 Å². The number of carboxylic acids is 1. The summed E-state index contributed by atoms with van der Waals surface area (Å²) in [6, 6.07) is 12.4. The molecule has 1 amide bonds. The van der Waals surface area contributed by atoms with Gasteiger partial charge in [-0.15, -0.1) is 0 Å². The summed E-state index contributed by atoms with van der Waals surface area (Å²) >= 11 is 0. The predicted molar refractivity (Wildman–Crippen MR) is 145 cm³/mol. The Kier molecular flexibility index (Phi) is 9.15. The van der Waals surface area contributed by atoms with Crippen molar-refractivity contribution in [3.05, 3.63) is 53.6 Å². The van der Waals surface area contributed by atoms with Crippen molar-refractivity contribution in [1.82, 2.24) is 9.80 Å². The van der Waals surface area contributed by atoms with Crippen molar-refractivity contribution in [3.8, 4) is 17.2 Å². The van der Waals surface area contributed by atoms with Crippen LogP contribution in [0.25, 0.3) is 0 Å². The fourth-order valence-corrected chi connectivity index (χ4v) is 5.95. The van der Waals surface area contributed by atoms with E-state index in [4.69, 9.17) is 14.2 Å². The summed E-state index contributed by atoms with van der Waals surface area (Å²) in [4.78, 5) is 31.1. The molecule has 1 saturated heterocycles. The van der Waals surface area contributed by atoms with Gasteiger partial charge in [0.2, 0.25) is 12.7 Å². The van der Waals surface area contributed by atoms with Crippen molar-refractivity contribution < 1.29 is 28.9 Å². The normalized spacial score (nSPS) is 21.3. The maximum Gasteiger partial charge on any atom is 0.309 e. The van der Waals surface area contributed by atoms with Crippen LogP contribution < -0.4 is 14.2 Å². The lowest BCUT2D eigenvalue weighted by Gasteiger charge is -2.36. The van der Waals surface area contributed by atoms with E-state index >= 15 is 0 Å². The van der Waals surface area contributed by atoms with Crippen LogP contribution in [0.5, 0.6) is 17.2 Å². The number of methoxy groups -OCH3 is 1. The molecule has 2 aromatic rings. The van der Waals surface area contributed by atoms with Crippen LogP contribution in [-0.4, -0.2) is 66.4 Å². The number of nitrogens with zero attached hydrogens (tertiary/aromatic N) is 2. The second kappa shape index (κ2) is 12.5. The van der Waals surface area contributed by atoms with Gasteiger partial charge in [-0.3, -0.25) is 14.5 Å². The number of carbonyl (C=O) groups excluding carboxylic acids is 1. The molecule has 1 N–H and O–H groups in total. The number of benzene rings is 2. The van der Waals surface area contributed by atoms with Gasteiger partial charge in [-0.05, 0) is 54.7 Å². The van der Waals surface area contributed by atoms with Gasteiger partial charge in [0.05, 0.1) is 19.1 Å². The van der Waals surface area contributed by atoms with E-state index in [0.29, 0.717) is 43.3 Å². The Balaban J connectivity index is 1.80. The molecule has 206 valence electrons. The molecule has 1 fully saturated rings. The van der Waals surface area contributed by atoms with Crippen LogP contribution in [0.2, 0.25) is 0 Å². The Morgan fingerprint density at radius 1 is 1.00 bits per heavy atom. The van der Waals surface area contributed by atoms with Gasteiger partial charge < -0.3 is 24.2 Å². The number of hydrogen-bond donors (Lipinski definition) is 1. The number of amides is 1. The molecule has 2 heterocycles. The van der Waals surface area contributed by atoms with Crippen LogP contribution in [0.15, 0.2) is 42.5 Å². The quantitative estimate of drug-likeness (QED) is 0.414. The molecule has 8 heteroatoms. The molecule has 0 spiro atoms. The van der Waals surface area contributed by atoms with Crippen LogP contribution >= 0.6 is 0 Å². The number of carboxylic acid groups (broad SMARTS) is 1. The monoisotopic (exact) mass is 524 g/mol. The number of carbonyl (C=O) groups is 2. The number of fused-ring (bicyclic) bond motifs is 1. The highest BCUT2D eigenvalue weighted by molar-refractivity contribution is 5.82. The molecule has 4 rings (SSSR count). The van der Waals surface area contributed by atoms with Crippen LogP contribution in [0.3, 0.4) is 0 Å². The average Bonchev–Trinajstić information content (AvgIpc) is 3.56. The van der Waals surface area contributed by atoms with Gasteiger partial charge in [-0.2, -0.15) is 0 Å². The smallest absolute Gasteiger partial charge is 0.309 e. The molecule has 1 unspecified atom stereocenters. The van der Waals surface area contributed by atoms with Crippen molar-refractivity contribution >= 4 is 11.9 Å². The maximum absolute atomic E-state index is 14.0. The first-order chi connectivity index (χ1) is 18.4. The molecule has 2 aliphatic heterocycles. The molecule has 0 aromatic heterocycles. The van der Waals surface area contributed by atoms with Crippen LogP contribution in [0, 0.1) is 5.92 Å². The summed E-state index contributed by atoms with van der Waals surface area (Å²) in [6.07, 6.45) is 3.24. The molecular formula is C30H40N2O6. The van der Waals surface area contributed by atoms with Gasteiger partial charge >= 0.3 is 5.97 Å². The fourth-order valence-electron chi connectivity index (χ4n) is 5.95. The van der Waals surface area contributed by atoms with E-state index in [2.05, 4.69) is 25.7 Å². The lowest BCUT2D eigenvalue weighted by Crippen LogP contribution is -2.49.